The molecule has 0 unspecified atom stereocenters. The largest absolute Gasteiger partial charge is 0.507 e. The minimum absolute atomic E-state index is 0.00772. The van der Waals surface area contributed by atoms with Crippen molar-refractivity contribution < 1.29 is 38.4 Å². The van der Waals surface area contributed by atoms with Crippen LogP contribution in [0.5, 0.6) is 23.0 Å². The summed E-state index contributed by atoms with van der Waals surface area (Å²) in [5.41, 5.74) is 1.000. The van der Waals surface area contributed by atoms with Crippen LogP contribution in [-0.4, -0.2) is 67.9 Å². The fourth-order valence-electron chi connectivity index (χ4n) is 5.28. The van der Waals surface area contributed by atoms with Crippen LogP contribution < -0.4 is 18.9 Å². The molecule has 0 saturated carbocycles. The van der Waals surface area contributed by atoms with Crippen LogP contribution in [0.25, 0.3) is 5.76 Å². The summed E-state index contributed by atoms with van der Waals surface area (Å²) in [6.07, 6.45) is 4.60. The van der Waals surface area contributed by atoms with Gasteiger partial charge in [0.2, 0.25) is 0 Å². The Labute approximate surface area is 228 Å². The highest BCUT2D eigenvalue weighted by Crippen LogP contribution is 2.43. The predicted octanol–water partition coefficient (Wildman–Crippen LogP) is 4.64. The number of fused-ring (bicyclic) bond motifs is 1. The number of benzene rings is 2. The molecular weight excluding hydrogens is 502 g/mol. The maximum Gasteiger partial charge on any atom is 0.295 e. The van der Waals surface area contributed by atoms with Gasteiger partial charge in [-0.3, -0.25) is 9.59 Å². The van der Waals surface area contributed by atoms with E-state index in [0.29, 0.717) is 60.6 Å². The number of rotatable bonds is 10. The third-order valence-electron chi connectivity index (χ3n) is 7.29. The molecule has 0 radical (unpaired) electrons. The number of ether oxygens (including phenoxy) is 5. The van der Waals surface area contributed by atoms with Gasteiger partial charge in [-0.05, 0) is 55.2 Å². The molecule has 0 aromatic heterocycles. The number of likely N-dealkylation sites (tertiary alicyclic amines) is 1. The summed E-state index contributed by atoms with van der Waals surface area (Å²) in [5.74, 6) is 0.419. The van der Waals surface area contributed by atoms with Crippen molar-refractivity contribution in [3.05, 3.63) is 53.1 Å². The molecule has 2 atom stereocenters. The summed E-state index contributed by atoms with van der Waals surface area (Å²) >= 11 is 0. The van der Waals surface area contributed by atoms with Crippen molar-refractivity contribution in [1.29, 1.82) is 0 Å². The number of ketones is 1. The van der Waals surface area contributed by atoms with Gasteiger partial charge in [0, 0.05) is 18.7 Å². The summed E-state index contributed by atoms with van der Waals surface area (Å²) in [4.78, 5) is 28.3. The number of carbonyl (C=O) groups excluding carboxylic acids is 2. The van der Waals surface area contributed by atoms with Crippen molar-refractivity contribution in [3.8, 4) is 23.0 Å². The van der Waals surface area contributed by atoms with Crippen LogP contribution in [0.2, 0.25) is 0 Å². The van der Waals surface area contributed by atoms with Crippen molar-refractivity contribution in [2.24, 2.45) is 0 Å². The zero-order chi connectivity index (χ0) is 27.4. The van der Waals surface area contributed by atoms with Crippen LogP contribution in [-0.2, 0) is 14.3 Å². The fourth-order valence-corrected chi connectivity index (χ4v) is 5.28. The summed E-state index contributed by atoms with van der Waals surface area (Å²) in [6.45, 7) is 4.38. The van der Waals surface area contributed by atoms with Crippen molar-refractivity contribution >= 4 is 17.4 Å². The Bertz CT molecular complexity index is 1250. The average molecular weight is 538 g/mol. The SMILES string of the molecule is CCCCCOc1ccc([C@@H]2C(=C(O)c3ccc4c(c3)OCCO4)C(=O)C(=O)N2C[C@H]2CCCO2)cc1OC. The molecule has 1 N–H and O–H groups in total. The predicted molar refractivity (Wildman–Crippen MR) is 143 cm³/mol. The minimum atomic E-state index is -0.828. The molecule has 39 heavy (non-hydrogen) atoms. The van der Waals surface area contributed by atoms with Crippen LogP contribution >= 0.6 is 0 Å². The molecule has 0 aliphatic carbocycles. The molecule has 208 valence electrons. The van der Waals surface area contributed by atoms with E-state index in [0.717, 1.165) is 32.1 Å². The van der Waals surface area contributed by atoms with E-state index in [9.17, 15) is 14.7 Å². The highest BCUT2D eigenvalue weighted by Gasteiger charge is 2.47. The molecule has 9 heteroatoms. The van der Waals surface area contributed by atoms with E-state index in [-0.39, 0.29) is 24.0 Å². The maximum absolute atomic E-state index is 13.4. The lowest BCUT2D eigenvalue weighted by Gasteiger charge is -2.28. The Morgan fingerprint density at radius 3 is 2.59 bits per heavy atom. The van der Waals surface area contributed by atoms with Crippen LogP contribution in [0.3, 0.4) is 0 Å². The number of carbonyl (C=O) groups is 2. The first-order valence-corrected chi connectivity index (χ1v) is 13.6. The molecular formula is C30H35NO8. The molecule has 2 fully saturated rings. The van der Waals surface area contributed by atoms with Crippen LogP contribution in [0.1, 0.15) is 56.2 Å². The summed E-state index contributed by atoms with van der Waals surface area (Å²) < 4.78 is 28.6. The van der Waals surface area contributed by atoms with Gasteiger partial charge in [0.25, 0.3) is 11.7 Å². The van der Waals surface area contributed by atoms with Gasteiger partial charge >= 0.3 is 0 Å². The van der Waals surface area contributed by atoms with E-state index in [1.54, 1.807) is 37.4 Å². The van der Waals surface area contributed by atoms with Crippen LogP contribution in [0.15, 0.2) is 42.0 Å². The number of amides is 1. The second kappa shape index (κ2) is 12.0. The molecule has 0 bridgehead atoms. The first-order valence-electron chi connectivity index (χ1n) is 13.6. The molecule has 2 saturated heterocycles. The van der Waals surface area contributed by atoms with Crippen molar-refractivity contribution in [3.63, 3.8) is 0 Å². The number of hydrogen-bond donors (Lipinski definition) is 1. The zero-order valence-electron chi connectivity index (χ0n) is 22.4. The lowest BCUT2D eigenvalue weighted by molar-refractivity contribution is -0.140. The highest BCUT2D eigenvalue weighted by molar-refractivity contribution is 6.46. The lowest BCUT2D eigenvalue weighted by Crippen LogP contribution is -2.36. The van der Waals surface area contributed by atoms with Crippen molar-refractivity contribution in [2.45, 2.75) is 51.2 Å². The van der Waals surface area contributed by atoms with Gasteiger partial charge < -0.3 is 33.7 Å². The molecule has 2 aromatic carbocycles. The maximum atomic E-state index is 13.4. The summed E-state index contributed by atoms with van der Waals surface area (Å²) in [7, 11) is 1.55. The Kier molecular flexibility index (Phi) is 8.26. The first-order chi connectivity index (χ1) is 19.0. The van der Waals surface area contributed by atoms with Crippen molar-refractivity contribution in [1.82, 2.24) is 4.90 Å². The standard InChI is InChI=1S/C30H35NO8/c1-3-4-5-12-37-22-10-8-19(16-24(22)35-2)27-26(29(33)30(34)31(27)18-21-7-6-13-36-21)28(32)20-9-11-23-25(17-20)39-15-14-38-23/h8-11,16-17,21,27,32H,3-7,12-15,18H2,1-2H3/t21-,27-/m1/s1. The van der Waals surface area contributed by atoms with Crippen molar-refractivity contribution in [2.75, 3.05) is 40.1 Å². The molecule has 3 aliphatic heterocycles. The van der Waals surface area contributed by atoms with Gasteiger partial charge in [-0.25, -0.2) is 0 Å². The van der Waals surface area contributed by atoms with E-state index in [2.05, 4.69) is 6.92 Å². The number of aliphatic hydroxyl groups is 1. The molecule has 2 aromatic rings. The normalized spacial score (nSPS) is 21.8. The minimum Gasteiger partial charge on any atom is -0.507 e. The van der Waals surface area contributed by atoms with Gasteiger partial charge in [0.15, 0.2) is 23.0 Å². The molecule has 5 rings (SSSR count). The number of aliphatic hydroxyl groups excluding tert-OH is 1. The quantitative estimate of drug-likeness (QED) is 0.202. The molecule has 9 nitrogen and oxygen atoms in total. The molecule has 3 aliphatic rings. The van der Waals surface area contributed by atoms with E-state index in [1.807, 2.05) is 6.07 Å². The third-order valence-corrected chi connectivity index (χ3v) is 7.29. The number of methoxy groups -OCH3 is 1. The van der Waals surface area contributed by atoms with Crippen LogP contribution in [0.4, 0.5) is 0 Å². The summed E-state index contributed by atoms with van der Waals surface area (Å²) in [5, 5.41) is 11.5. The Balaban J connectivity index is 1.55. The Hall–Kier alpha value is -3.72. The van der Waals surface area contributed by atoms with Gasteiger partial charge in [0.05, 0.1) is 31.4 Å². The van der Waals surface area contributed by atoms with Gasteiger partial charge in [0.1, 0.15) is 19.0 Å². The smallest absolute Gasteiger partial charge is 0.295 e. The van der Waals surface area contributed by atoms with E-state index in [1.165, 1.54) is 4.90 Å². The molecule has 3 heterocycles. The van der Waals surface area contributed by atoms with Crippen LogP contribution in [0, 0.1) is 0 Å². The number of hydrogen-bond acceptors (Lipinski definition) is 8. The summed E-state index contributed by atoms with van der Waals surface area (Å²) in [6, 6.07) is 9.51. The van der Waals surface area contributed by atoms with E-state index < -0.39 is 17.7 Å². The van der Waals surface area contributed by atoms with Gasteiger partial charge in [-0.1, -0.05) is 25.8 Å². The molecule has 0 spiro atoms. The first kappa shape index (κ1) is 26.9. The van der Waals surface area contributed by atoms with Gasteiger partial charge in [-0.15, -0.1) is 0 Å². The highest BCUT2D eigenvalue weighted by atomic mass is 16.6. The third kappa shape index (κ3) is 5.54. The second-order valence-corrected chi connectivity index (χ2v) is 9.91. The monoisotopic (exact) mass is 537 g/mol. The number of Topliss-reactive ketones (excluding diaryl/α,β-unsaturated/α-hetero) is 1. The van der Waals surface area contributed by atoms with E-state index in [4.69, 9.17) is 23.7 Å². The van der Waals surface area contributed by atoms with E-state index >= 15 is 0 Å². The topological polar surface area (TPSA) is 104 Å². The van der Waals surface area contributed by atoms with Gasteiger partial charge in [-0.2, -0.15) is 0 Å². The molecule has 1 amide bonds. The Morgan fingerprint density at radius 1 is 1.03 bits per heavy atom. The number of nitrogens with zero attached hydrogens (tertiary/aromatic N) is 1. The second-order valence-electron chi connectivity index (χ2n) is 9.91. The zero-order valence-corrected chi connectivity index (χ0v) is 22.4. The number of unbranched alkanes of at least 4 members (excludes halogenated alkanes) is 2. The fraction of sp³-hybridized carbons (Fsp3) is 0.467. The average Bonchev–Trinajstić information content (AvgIpc) is 3.57. The lowest BCUT2D eigenvalue weighted by atomic mass is 9.94. The Morgan fingerprint density at radius 2 is 1.85 bits per heavy atom.